The third-order valence-electron chi connectivity index (χ3n) is 4.31. The number of aryl methyl sites for hydroxylation is 4. The molecule has 0 aliphatic carbocycles. The minimum Gasteiger partial charge on any atom is -0.250 e. The number of halogens is 2. The van der Waals surface area contributed by atoms with E-state index in [-0.39, 0.29) is 0 Å². The van der Waals surface area contributed by atoms with Crippen LogP contribution in [-0.2, 0) is 19.9 Å². The lowest BCUT2D eigenvalue weighted by Gasteiger charge is -2.06. The fourth-order valence-electron chi connectivity index (χ4n) is 3.22. The first kappa shape index (κ1) is 19.3. The molecule has 0 unspecified atom stereocenters. The summed E-state index contributed by atoms with van der Waals surface area (Å²) in [5.74, 6) is 0. The van der Waals surface area contributed by atoms with Crippen LogP contribution in [0.1, 0.15) is 28.9 Å². The molecule has 0 saturated carbocycles. The van der Waals surface area contributed by atoms with Crippen LogP contribution in [0.2, 0.25) is 10.3 Å². The molecule has 8 heteroatoms. The van der Waals surface area contributed by atoms with E-state index in [4.69, 9.17) is 34.8 Å². The Hall–Kier alpha value is -2.49. The van der Waals surface area contributed by atoms with Gasteiger partial charge in [0.25, 0.3) is 0 Å². The molecule has 0 radical (unpaired) electrons. The SMILES string of the molecule is [C-]#[N+]/N=C(\CCc1cc(C)c2c(C)nn(C)c2n1)Cc1cc(Cl)nc(Cl)c1. The zero-order chi connectivity index (χ0) is 19.6. The fourth-order valence-corrected chi connectivity index (χ4v) is 3.73. The molecule has 0 spiro atoms. The molecular formula is C19H18Cl2N6. The van der Waals surface area contributed by atoms with Gasteiger partial charge in [0.2, 0.25) is 0 Å². The van der Waals surface area contributed by atoms with E-state index in [0.717, 1.165) is 39.3 Å². The van der Waals surface area contributed by atoms with Crippen LogP contribution in [0.15, 0.2) is 23.3 Å². The molecule has 3 heterocycles. The van der Waals surface area contributed by atoms with Crippen LogP contribution < -0.4 is 0 Å². The van der Waals surface area contributed by atoms with Crippen molar-refractivity contribution in [1.82, 2.24) is 19.7 Å². The Bertz CT molecular complexity index is 1060. The van der Waals surface area contributed by atoms with E-state index in [2.05, 4.69) is 33.1 Å². The number of fused-ring (bicyclic) bond motifs is 1. The van der Waals surface area contributed by atoms with Gasteiger partial charge in [-0.15, -0.1) is 4.95 Å². The van der Waals surface area contributed by atoms with Crippen LogP contribution in [0.4, 0.5) is 0 Å². The number of pyridine rings is 2. The summed E-state index contributed by atoms with van der Waals surface area (Å²) in [6.07, 6.45) is 1.80. The molecule has 0 aliphatic heterocycles. The molecule has 0 bridgehead atoms. The summed E-state index contributed by atoms with van der Waals surface area (Å²) < 4.78 is 1.80. The van der Waals surface area contributed by atoms with Gasteiger partial charge in [-0.2, -0.15) is 11.7 Å². The van der Waals surface area contributed by atoms with Crippen LogP contribution in [-0.4, -0.2) is 25.5 Å². The number of hydrogen-bond donors (Lipinski definition) is 0. The standard InChI is InChI=1S/C19H18Cl2N6/c1-11-7-14(23-19-18(11)12(2)26-27(19)4)5-6-15(25-22-3)8-13-9-16(20)24-17(21)10-13/h7,9-10H,5-6,8H2,1-2,4H3/b25-15+. The molecule has 0 fully saturated rings. The van der Waals surface area contributed by atoms with Crippen molar-refractivity contribution in [2.24, 2.45) is 12.1 Å². The Morgan fingerprint density at radius 3 is 2.56 bits per heavy atom. The average Bonchev–Trinajstić information content (AvgIpc) is 2.86. The van der Waals surface area contributed by atoms with E-state index in [1.165, 1.54) is 0 Å². The van der Waals surface area contributed by atoms with Crippen molar-refractivity contribution in [2.45, 2.75) is 33.1 Å². The first-order chi connectivity index (χ1) is 12.9. The van der Waals surface area contributed by atoms with Gasteiger partial charge < -0.3 is 0 Å². The van der Waals surface area contributed by atoms with E-state index in [0.29, 0.717) is 29.6 Å². The number of rotatable bonds is 5. The largest absolute Gasteiger partial charge is 0.250 e. The van der Waals surface area contributed by atoms with Gasteiger partial charge in [0.1, 0.15) is 16.0 Å². The summed E-state index contributed by atoms with van der Waals surface area (Å²) in [5.41, 5.74) is 5.58. The molecule has 0 aliphatic rings. The third-order valence-corrected chi connectivity index (χ3v) is 4.70. The summed E-state index contributed by atoms with van der Waals surface area (Å²) in [4.78, 5) is 11.9. The number of hydrogen-bond acceptors (Lipinski definition) is 4. The molecule has 3 rings (SSSR count). The van der Waals surface area contributed by atoms with Crippen molar-refractivity contribution >= 4 is 39.9 Å². The highest BCUT2D eigenvalue weighted by Gasteiger charge is 2.13. The quantitative estimate of drug-likeness (QED) is 0.269. The highest BCUT2D eigenvalue weighted by molar-refractivity contribution is 6.32. The molecular weight excluding hydrogens is 383 g/mol. The first-order valence-corrected chi connectivity index (χ1v) is 9.17. The van der Waals surface area contributed by atoms with E-state index in [1.54, 1.807) is 16.8 Å². The molecule has 0 atom stereocenters. The number of nitrogens with zero attached hydrogens (tertiary/aromatic N) is 6. The summed E-state index contributed by atoms with van der Waals surface area (Å²) in [6.45, 7) is 11.1. The Morgan fingerprint density at radius 2 is 1.89 bits per heavy atom. The van der Waals surface area contributed by atoms with E-state index < -0.39 is 0 Å². The van der Waals surface area contributed by atoms with Crippen LogP contribution in [0.25, 0.3) is 16.0 Å². The van der Waals surface area contributed by atoms with Gasteiger partial charge in [-0.1, -0.05) is 23.2 Å². The summed E-state index contributed by atoms with van der Waals surface area (Å²) in [5, 5.41) is 10.2. The van der Waals surface area contributed by atoms with Crippen molar-refractivity contribution in [1.29, 1.82) is 0 Å². The van der Waals surface area contributed by atoms with Crippen LogP contribution in [0.5, 0.6) is 0 Å². The second-order valence-corrected chi connectivity index (χ2v) is 7.18. The molecule has 0 N–H and O–H groups in total. The molecule has 138 valence electrons. The highest BCUT2D eigenvalue weighted by Crippen LogP contribution is 2.22. The minimum atomic E-state index is 0.328. The first-order valence-electron chi connectivity index (χ1n) is 8.41. The lowest BCUT2D eigenvalue weighted by Crippen LogP contribution is -2.06. The monoisotopic (exact) mass is 400 g/mol. The summed E-state index contributed by atoms with van der Waals surface area (Å²) >= 11 is 11.9. The molecule has 3 aromatic heterocycles. The predicted octanol–water partition coefficient (Wildman–Crippen LogP) is 4.74. The van der Waals surface area contributed by atoms with Gasteiger partial charge in [-0.05, 0) is 56.0 Å². The van der Waals surface area contributed by atoms with E-state index in [1.807, 2.05) is 14.0 Å². The number of aromatic nitrogens is 4. The zero-order valence-electron chi connectivity index (χ0n) is 15.3. The normalized spacial score (nSPS) is 11.8. The Labute approximate surface area is 167 Å². The maximum absolute atomic E-state index is 7.09. The maximum atomic E-state index is 7.09. The van der Waals surface area contributed by atoms with Crippen molar-refractivity contribution in [2.75, 3.05) is 0 Å². The Balaban J connectivity index is 1.80. The molecule has 0 amide bonds. The second-order valence-electron chi connectivity index (χ2n) is 6.40. The molecule has 0 aromatic carbocycles. The maximum Gasteiger partial charge on any atom is 0.158 e. The fraction of sp³-hybridized carbons (Fsp3) is 0.316. The highest BCUT2D eigenvalue weighted by atomic mass is 35.5. The average molecular weight is 401 g/mol. The lowest BCUT2D eigenvalue weighted by atomic mass is 10.0. The van der Waals surface area contributed by atoms with Gasteiger partial charge in [-0.25, -0.2) is 9.97 Å². The topological polar surface area (TPSA) is 60.3 Å². The molecule has 27 heavy (non-hydrogen) atoms. The van der Waals surface area contributed by atoms with Gasteiger partial charge >= 0.3 is 0 Å². The van der Waals surface area contributed by atoms with E-state index in [9.17, 15) is 0 Å². The van der Waals surface area contributed by atoms with Gasteiger partial charge in [0.15, 0.2) is 5.65 Å². The van der Waals surface area contributed by atoms with Crippen molar-refractivity contribution in [3.8, 4) is 0 Å². The van der Waals surface area contributed by atoms with Crippen LogP contribution in [0.3, 0.4) is 0 Å². The van der Waals surface area contributed by atoms with Gasteiger partial charge in [-0.3, -0.25) is 4.68 Å². The van der Waals surface area contributed by atoms with Crippen molar-refractivity contribution in [3.05, 3.63) is 62.5 Å². The minimum absolute atomic E-state index is 0.328. The second kappa shape index (κ2) is 8.03. The smallest absolute Gasteiger partial charge is 0.158 e. The van der Waals surface area contributed by atoms with Crippen molar-refractivity contribution in [3.63, 3.8) is 0 Å². The molecule has 0 saturated heterocycles. The Morgan fingerprint density at radius 1 is 1.19 bits per heavy atom. The van der Waals surface area contributed by atoms with Crippen LogP contribution >= 0.6 is 23.2 Å². The predicted molar refractivity (Wildman–Crippen MR) is 108 cm³/mol. The van der Waals surface area contributed by atoms with Crippen molar-refractivity contribution < 1.29 is 0 Å². The zero-order valence-corrected chi connectivity index (χ0v) is 16.8. The lowest BCUT2D eigenvalue weighted by molar-refractivity contribution is 0.770. The van der Waals surface area contributed by atoms with Crippen LogP contribution in [0, 0.1) is 20.4 Å². The van der Waals surface area contributed by atoms with E-state index >= 15 is 0 Å². The van der Waals surface area contributed by atoms with Gasteiger partial charge in [0, 0.05) is 24.5 Å². The summed E-state index contributed by atoms with van der Waals surface area (Å²) in [7, 11) is 1.90. The third kappa shape index (κ3) is 4.44. The molecule has 3 aromatic rings. The molecule has 6 nitrogen and oxygen atoms in total. The summed E-state index contributed by atoms with van der Waals surface area (Å²) in [6, 6.07) is 5.55. The Kier molecular flexibility index (Phi) is 5.73. The van der Waals surface area contributed by atoms with Gasteiger partial charge in [0.05, 0.1) is 10.8 Å².